The molecule has 1 N–H and O–H groups in total. The molecule has 2 aromatic rings. The molecule has 0 saturated carbocycles. The summed E-state index contributed by atoms with van der Waals surface area (Å²) >= 11 is 0. The molecule has 1 heterocycles. The lowest BCUT2D eigenvalue weighted by molar-refractivity contribution is 0.0696. The largest absolute Gasteiger partial charge is 0.478 e. The first kappa shape index (κ1) is 15.2. The molecule has 6 heteroatoms. The van der Waals surface area contributed by atoms with Gasteiger partial charge in [0.1, 0.15) is 0 Å². The van der Waals surface area contributed by atoms with Crippen LogP contribution in [0.15, 0.2) is 41.6 Å². The van der Waals surface area contributed by atoms with Crippen LogP contribution in [-0.2, 0) is 15.6 Å². The van der Waals surface area contributed by atoms with Crippen molar-refractivity contribution in [1.29, 1.82) is 0 Å². The van der Waals surface area contributed by atoms with Crippen LogP contribution in [0.3, 0.4) is 0 Å². The molecule has 0 aliphatic rings. The van der Waals surface area contributed by atoms with Crippen LogP contribution < -0.4 is 0 Å². The third-order valence-electron chi connectivity index (χ3n) is 3.17. The van der Waals surface area contributed by atoms with E-state index in [1.54, 1.807) is 38.2 Å². The van der Waals surface area contributed by atoms with Gasteiger partial charge in [-0.2, -0.15) is 0 Å². The fourth-order valence-corrected chi connectivity index (χ4v) is 3.79. The number of aromatic nitrogens is 1. The predicted octanol–water partition coefficient (Wildman–Crippen LogP) is 2.37. The number of hydrogen-bond donors (Lipinski definition) is 1. The van der Waals surface area contributed by atoms with Gasteiger partial charge in [0.15, 0.2) is 9.84 Å². The maximum absolute atomic E-state index is 12.5. The van der Waals surface area contributed by atoms with Crippen molar-refractivity contribution in [1.82, 2.24) is 4.98 Å². The monoisotopic (exact) mass is 305 g/mol. The van der Waals surface area contributed by atoms with Crippen LogP contribution >= 0.6 is 0 Å². The van der Waals surface area contributed by atoms with E-state index in [9.17, 15) is 13.2 Å². The Morgan fingerprint density at radius 1 is 1.24 bits per heavy atom. The number of benzene rings is 1. The van der Waals surface area contributed by atoms with Crippen molar-refractivity contribution >= 4 is 15.8 Å². The van der Waals surface area contributed by atoms with Crippen LogP contribution in [0.25, 0.3) is 0 Å². The molecule has 0 unspecified atom stereocenters. The topological polar surface area (TPSA) is 84.3 Å². The average Bonchev–Trinajstić information content (AvgIpc) is 2.38. The minimum atomic E-state index is -3.62. The van der Waals surface area contributed by atoms with Gasteiger partial charge in [0, 0.05) is 12.4 Å². The molecule has 1 aromatic heterocycles. The molecule has 110 valence electrons. The van der Waals surface area contributed by atoms with Crippen LogP contribution in [0.2, 0.25) is 0 Å². The molecule has 0 saturated heterocycles. The molecule has 0 spiro atoms. The van der Waals surface area contributed by atoms with E-state index < -0.39 is 15.8 Å². The normalized spacial score (nSPS) is 11.3. The number of hydrogen-bond acceptors (Lipinski definition) is 4. The highest BCUT2D eigenvalue weighted by Crippen LogP contribution is 2.24. The summed E-state index contributed by atoms with van der Waals surface area (Å²) < 4.78 is 25.0. The fraction of sp³-hybridized carbons (Fsp3) is 0.200. The molecular weight excluding hydrogens is 290 g/mol. The third kappa shape index (κ3) is 3.28. The van der Waals surface area contributed by atoms with E-state index >= 15 is 0 Å². The van der Waals surface area contributed by atoms with E-state index in [1.165, 1.54) is 12.3 Å². The Morgan fingerprint density at radius 2 is 1.95 bits per heavy atom. The van der Waals surface area contributed by atoms with Gasteiger partial charge in [-0.05, 0) is 42.7 Å². The SMILES string of the molecule is Cc1cc(C)c(S(=O)(=O)Cc2cccnc2)cc1C(=O)O. The van der Waals surface area contributed by atoms with Crippen molar-refractivity contribution in [2.24, 2.45) is 0 Å². The standard InChI is InChI=1S/C15H15NO4S/c1-10-6-11(2)14(7-13(10)15(17)18)21(19,20)9-12-4-3-5-16-8-12/h3-8H,9H2,1-2H3,(H,17,18). The number of carboxylic acid groups (broad SMARTS) is 1. The second-order valence-electron chi connectivity index (χ2n) is 4.86. The van der Waals surface area contributed by atoms with Crippen molar-refractivity contribution in [3.05, 3.63) is 58.9 Å². The minimum Gasteiger partial charge on any atom is -0.478 e. The molecule has 0 aliphatic heterocycles. The molecule has 1 aromatic carbocycles. The molecule has 2 rings (SSSR count). The van der Waals surface area contributed by atoms with Gasteiger partial charge in [-0.3, -0.25) is 4.98 Å². The Labute approximate surface area is 123 Å². The Balaban J connectivity index is 2.50. The molecular formula is C15H15NO4S. The maximum Gasteiger partial charge on any atom is 0.335 e. The Morgan fingerprint density at radius 3 is 2.52 bits per heavy atom. The van der Waals surface area contributed by atoms with E-state index in [0.717, 1.165) is 0 Å². The van der Waals surface area contributed by atoms with Gasteiger partial charge < -0.3 is 5.11 Å². The van der Waals surface area contributed by atoms with Crippen LogP contribution in [0.1, 0.15) is 27.0 Å². The summed E-state index contributed by atoms with van der Waals surface area (Å²) in [6, 6.07) is 6.15. The lowest BCUT2D eigenvalue weighted by atomic mass is 10.1. The van der Waals surface area contributed by atoms with Crippen molar-refractivity contribution in [3.8, 4) is 0 Å². The van der Waals surface area contributed by atoms with E-state index in [-0.39, 0.29) is 16.2 Å². The molecule has 21 heavy (non-hydrogen) atoms. The molecule has 0 aliphatic carbocycles. The minimum absolute atomic E-state index is 0.00496. The molecule has 0 bridgehead atoms. The van der Waals surface area contributed by atoms with Crippen molar-refractivity contribution < 1.29 is 18.3 Å². The first-order chi connectivity index (χ1) is 9.81. The lowest BCUT2D eigenvalue weighted by Crippen LogP contribution is -2.10. The predicted molar refractivity (Wildman–Crippen MR) is 78.0 cm³/mol. The molecule has 0 radical (unpaired) electrons. The van der Waals surface area contributed by atoms with E-state index in [0.29, 0.717) is 16.7 Å². The van der Waals surface area contributed by atoms with Gasteiger partial charge in [-0.25, -0.2) is 13.2 Å². The second-order valence-corrected chi connectivity index (χ2v) is 6.82. The fourth-order valence-electron chi connectivity index (χ4n) is 2.18. The third-order valence-corrected chi connectivity index (χ3v) is 4.99. The van der Waals surface area contributed by atoms with Crippen molar-refractivity contribution in [2.75, 3.05) is 0 Å². The molecule has 0 fully saturated rings. The lowest BCUT2D eigenvalue weighted by Gasteiger charge is -2.11. The summed E-state index contributed by atoms with van der Waals surface area (Å²) in [5, 5.41) is 9.13. The molecule has 5 nitrogen and oxygen atoms in total. The van der Waals surface area contributed by atoms with Gasteiger partial charge in [0.05, 0.1) is 16.2 Å². The van der Waals surface area contributed by atoms with Crippen LogP contribution in [0, 0.1) is 13.8 Å². The van der Waals surface area contributed by atoms with Crippen molar-refractivity contribution in [3.63, 3.8) is 0 Å². The highest BCUT2D eigenvalue weighted by molar-refractivity contribution is 7.90. The number of nitrogens with zero attached hydrogens (tertiary/aromatic N) is 1. The highest BCUT2D eigenvalue weighted by Gasteiger charge is 2.21. The van der Waals surface area contributed by atoms with Gasteiger partial charge in [-0.1, -0.05) is 12.1 Å². The first-order valence-electron chi connectivity index (χ1n) is 6.27. The quantitative estimate of drug-likeness (QED) is 0.937. The summed E-state index contributed by atoms with van der Waals surface area (Å²) in [5.41, 5.74) is 1.65. The smallest absolute Gasteiger partial charge is 0.335 e. The zero-order valence-corrected chi connectivity index (χ0v) is 12.5. The number of sulfone groups is 1. The molecule has 0 atom stereocenters. The van der Waals surface area contributed by atoms with Gasteiger partial charge in [0.2, 0.25) is 0 Å². The summed E-state index contributed by atoms with van der Waals surface area (Å²) in [4.78, 5) is 15.1. The number of rotatable bonds is 4. The van der Waals surface area contributed by atoms with Gasteiger partial charge in [0.25, 0.3) is 0 Å². The van der Waals surface area contributed by atoms with Crippen LogP contribution in [0.5, 0.6) is 0 Å². The highest BCUT2D eigenvalue weighted by atomic mass is 32.2. The van der Waals surface area contributed by atoms with E-state index in [4.69, 9.17) is 5.11 Å². The first-order valence-corrected chi connectivity index (χ1v) is 7.92. The zero-order valence-electron chi connectivity index (χ0n) is 11.7. The van der Waals surface area contributed by atoms with E-state index in [1.807, 2.05) is 0 Å². The van der Waals surface area contributed by atoms with Gasteiger partial charge >= 0.3 is 5.97 Å². The maximum atomic E-state index is 12.5. The number of aromatic carboxylic acids is 1. The Kier molecular flexibility index (Phi) is 4.09. The Bertz CT molecular complexity index is 783. The second kappa shape index (κ2) is 5.65. The van der Waals surface area contributed by atoms with Gasteiger partial charge in [-0.15, -0.1) is 0 Å². The van der Waals surface area contributed by atoms with Crippen LogP contribution in [0.4, 0.5) is 0 Å². The summed E-state index contributed by atoms with van der Waals surface area (Å²) in [5.74, 6) is -1.34. The summed E-state index contributed by atoms with van der Waals surface area (Å²) in [6.45, 7) is 3.31. The summed E-state index contributed by atoms with van der Waals surface area (Å²) in [7, 11) is -3.62. The van der Waals surface area contributed by atoms with Crippen LogP contribution in [-0.4, -0.2) is 24.5 Å². The van der Waals surface area contributed by atoms with E-state index in [2.05, 4.69) is 4.98 Å². The summed E-state index contributed by atoms with van der Waals surface area (Å²) in [6.07, 6.45) is 3.05. The number of carbonyl (C=O) groups is 1. The molecule has 0 amide bonds. The zero-order chi connectivity index (χ0) is 15.6. The number of carboxylic acids is 1. The average molecular weight is 305 g/mol. The van der Waals surface area contributed by atoms with Crippen molar-refractivity contribution in [2.45, 2.75) is 24.5 Å². The number of pyridine rings is 1. The number of aryl methyl sites for hydroxylation is 2. The Hall–Kier alpha value is -2.21.